The number of rotatable bonds is 4. The Morgan fingerprint density at radius 3 is 2.76 bits per heavy atom. The Morgan fingerprint density at radius 1 is 1.48 bits per heavy atom. The van der Waals surface area contributed by atoms with Crippen molar-refractivity contribution in [2.75, 3.05) is 6.54 Å². The zero-order chi connectivity index (χ0) is 15.6. The molecule has 0 radical (unpaired) electrons. The number of hydrogen-bond donors (Lipinski definition) is 1. The molecule has 1 aliphatic rings. The highest BCUT2D eigenvalue weighted by molar-refractivity contribution is 14.1. The van der Waals surface area contributed by atoms with Crippen LogP contribution in [0.5, 0.6) is 0 Å². The Kier molecular flexibility index (Phi) is 5.14. The summed E-state index contributed by atoms with van der Waals surface area (Å²) in [5, 5.41) is 10.1. The van der Waals surface area contributed by atoms with Gasteiger partial charge in [-0.1, -0.05) is 24.9 Å². The molecule has 1 aliphatic heterocycles. The van der Waals surface area contributed by atoms with E-state index in [-0.39, 0.29) is 5.91 Å². The van der Waals surface area contributed by atoms with Crippen LogP contribution < -0.4 is 0 Å². The summed E-state index contributed by atoms with van der Waals surface area (Å²) in [6.07, 6.45) is 2.44. The van der Waals surface area contributed by atoms with E-state index in [2.05, 4.69) is 22.6 Å². The number of carbonyl (C=O) groups is 2. The first kappa shape index (κ1) is 16.5. The number of nitrogens with zero attached hydrogens (tertiary/aromatic N) is 1. The molecule has 1 aromatic carbocycles. The largest absolute Gasteiger partial charge is 0.479 e. The summed E-state index contributed by atoms with van der Waals surface area (Å²) in [5.74, 6) is -1.16. The summed E-state index contributed by atoms with van der Waals surface area (Å²) in [5.41, 5.74) is -0.620. The third kappa shape index (κ3) is 3.04. The molecule has 0 aromatic heterocycles. The van der Waals surface area contributed by atoms with Gasteiger partial charge in [-0.15, -0.1) is 0 Å². The molecule has 6 heteroatoms. The molecule has 2 rings (SSSR count). The Labute approximate surface area is 142 Å². The van der Waals surface area contributed by atoms with E-state index in [9.17, 15) is 14.7 Å². The molecule has 1 aromatic rings. The van der Waals surface area contributed by atoms with Crippen LogP contribution in [0.25, 0.3) is 0 Å². The predicted octanol–water partition coefficient (Wildman–Crippen LogP) is 3.80. The zero-order valence-corrected chi connectivity index (χ0v) is 14.6. The zero-order valence-electron chi connectivity index (χ0n) is 11.7. The van der Waals surface area contributed by atoms with E-state index >= 15 is 0 Å². The molecule has 21 heavy (non-hydrogen) atoms. The number of carbonyl (C=O) groups excluding carboxylic acids is 1. The van der Waals surface area contributed by atoms with E-state index in [1.807, 2.05) is 6.92 Å². The van der Waals surface area contributed by atoms with Crippen LogP contribution in [0.2, 0.25) is 5.02 Å². The van der Waals surface area contributed by atoms with Gasteiger partial charge in [-0.05, 0) is 60.1 Å². The van der Waals surface area contributed by atoms with Crippen LogP contribution in [0.3, 0.4) is 0 Å². The van der Waals surface area contributed by atoms with Crippen molar-refractivity contribution >= 4 is 46.1 Å². The van der Waals surface area contributed by atoms with E-state index in [1.165, 1.54) is 4.90 Å². The summed E-state index contributed by atoms with van der Waals surface area (Å²) in [7, 11) is 0. The second-order valence-electron chi connectivity index (χ2n) is 5.28. The number of carboxylic acid groups (broad SMARTS) is 1. The Morgan fingerprint density at radius 2 is 2.19 bits per heavy atom. The van der Waals surface area contributed by atoms with Gasteiger partial charge in [0.2, 0.25) is 0 Å². The monoisotopic (exact) mass is 421 g/mol. The van der Waals surface area contributed by atoms with Crippen LogP contribution in [0.4, 0.5) is 0 Å². The SMILES string of the molecule is CCCC1(C(=O)O)CCCN1C(=O)c1ccc(I)c(Cl)c1. The maximum Gasteiger partial charge on any atom is 0.329 e. The van der Waals surface area contributed by atoms with Crippen LogP contribution in [0.15, 0.2) is 18.2 Å². The molecule has 0 spiro atoms. The second kappa shape index (κ2) is 6.52. The van der Waals surface area contributed by atoms with Gasteiger partial charge in [-0.25, -0.2) is 4.79 Å². The molecule has 1 unspecified atom stereocenters. The van der Waals surface area contributed by atoms with Gasteiger partial charge in [0, 0.05) is 15.7 Å². The lowest BCUT2D eigenvalue weighted by atomic mass is 9.90. The molecule has 1 saturated heterocycles. The molecule has 1 atom stereocenters. The van der Waals surface area contributed by atoms with Crippen molar-refractivity contribution in [2.24, 2.45) is 0 Å². The van der Waals surface area contributed by atoms with E-state index in [4.69, 9.17) is 11.6 Å². The first-order valence-corrected chi connectivity index (χ1v) is 8.38. The average molecular weight is 422 g/mol. The van der Waals surface area contributed by atoms with Crippen molar-refractivity contribution < 1.29 is 14.7 Å². The van der Waals surface area contributed by atoms with Gasteiger partial charge in [0.05, 0.1) is 5.02 Å². The standard InChI is InChI=1S/C15H17ClINO3/c1-2-6-15(14(20)21)7-3-8-18(15)13(19)10-4-5-12(17)11(16)9-10/h4-5,9H,2-3,6-8H2,1H3,(H,20,21). The molecule has 4 nitrogen and oxygen atoms in total. The fourth-order valence-corrected chi connectivity index (χ4v) is 3.48. The molecular formula is C15H17ClINO3. The van der Waals surface area contributed by atoms with Gasteiger partial charge in [-0.3, -0.25) is 4.79 Å². The molecule has 0 saturated carbocycles. The fraction of sp³-hybridized carbons (Fsp3) is 0.467. The highest BCUT2D eigenvalue weighted by Crippen LogP contribution is 2.35. The number of carboxylic acids is 1. The molecular weight excluding hydrogens is 405 g/mol. The summed E-state index contributed by atoms with van der Waals surface area (Å²) in [6.45, 7) is 2.42. The number of hydrogen-bond acceptors (Lipinski definition) is 2. The molecule has 0 bridgehead atoms. The average Bonchev–Trinajstić information content (AvgIpc) is 2.86. The highest BCUT2D eigenvalue weighted by atomic mass is 127. The Hall–Kier alpha value is -0.820. The fourth-order valence-electron chi connectivity index (χ4n) is 2.96. The maximum atomic E-state index is 12.7. The number of benzene rings is 1. The van der Waals surface area contributed by atoms with Crippen LogP contribution in [-0.2, 0) is 4.79 Å². The molecule has 1 heterocycles. The van der Waals surface area contributed by atoms with E-state index in [1.54, 1.807) is 18.2 Å². The second-order valence-corrected chi connectivity index (χ2v) is 6.85. The van der Waals surface area contributed by atoms with Gasteiger partial charge in [0.15, 0.2) is 0 Å². The summed E-state index contributed by atoms with van der Waals surface area (Å²) < 4.78 is 0.866. The minimum absolute atomic E-state index is 0.248. The van der Waals surface area contributed by atoms with Crippen LogP contribution in [0.1, 0.15) is 43.0 Å². The Bertz CT molecular complexity index is 578. The smallest absolute Gasteiger partial charge is 0.329 e. The lowest BCUT2D eigenvalue weighted by molar-refractivity contribution is -0.148. The van der Waals surface area contributed by atoms with E-state index in [0.29, 0.717) is 30.0 Å². The van der Waals surface area contributed by atoms with Gasteiger partial charge in [0.1, 0.15) is 5.54 Å². The van der Waals surface area contributed by atoms with Gasteiger partial charge >= 0.3 is 5.97 Å². The van der Waals surface area contributed by atoms with E-state index < -0.39 is 11.5 Å². The first-order chi connectivity index (χ1) is 9.92. The normalized spacial score (nSPS) is 21.6. The number of aliphatic carboxylic acids is 1. The lowest BCUT2D eigenvalue weighted by Crippen LogP contribution is -2.53. The van der Waals surface area contributed by atoms with Crippen molar-refractivity contribution in [1.29, 1.82) is 0 Å². The molecule has 0 aliphatic carbocycles. The van der Waals surface area contributed by atoms with Gasteiger partial charge in [-0.2, -0.15) is 0 Å². The van der Waals surface area contributed by atoms with Crippen molar-refractivity contribution in [3.8, 4) is 0 Å². The van der Waals surface area contributed by atoms with Crippen LogP contribution in [-0.4, -0.2) is 34.0 Å². The molecule has 1 fully saturated rings. The van der Waals surface area contributed by atoms with Crippen molar-refractivity contribution in [3.05, 3.63) is 32.4 Å². The minimum atomic E-state index is -1.07. The van der Waals surface area contributed by atoms with Crippen LogP contribution in [0, 0.1) is 3.57 Å². The molecule has 1 amide bonds. The van der Waals surface area contributed by atoms with Gasteiger partial charge in [0.25, 0.3) is 5.91 Å². The Balaban J connectivity index is 2.36. The maximum absolute atomic E-state index is 12.7. The quantitative estimate of drug-likeness (QED) is 0.752. The van der Waals surface area contributed by atoms with E-state index in [0.717, 1.165) is 16.4 Å². The number of likely N-dealkylation sites (tertiary alicyclic amines) is 1. The number of amides is 1. The number of halogens is 2. The minimum Gasteiger partial charge on any atom is -0.479 e. The van der Waals surface area contributed by atoms with Crippen molar-refractivity contribution in [3.63, 3.8) is 0 Å². The lowest BCUT2D eigenvalue weighted by Gasteiger charge is -2.34. The predicted molar refractivity (Wildman–Crippen MR) is 89.7 cm³/mol. The molecule has 114 valence electrons. The molecule has 1 N–H and O–H groups in total. The third-order valence-corrected chi connectivity index (χ3v) is 5.53. The van der Waals surface area contributed by atoms with Gasteiger partial charge < -0.3 is 10.0 Å². The summed E-state index contributed by atoms with van der Waals surface area (Å²) in [4.78, 5) is 26.0. The van der Waals surface area contributed by atoms with Crippen molar-refractivity contribution in [1.82, 2.24) is 4.90 Å². The van der Waals surface area contributed by atoms with Crippen molar-refractivity contribution in [2.45, 2.75) is 38.1 Å². The first-order valence-electron chi connectivity index (χ1n) is 6.93. The van der Waals surface area contributed by atoms with Crippen LogP contribution >= 0.6 is 34.2 Å². The third-order valence-electron chi connectivity index (χ3n) is 3.96. The topological polar surface area (TPSA) is 57.6 Å². The summed E-state index contributed by atoms with van der Waals surface area (Å²) >= 11 is 8.16. The summed E-state index contributed by atoms with van der Waals surface area (Å²) in [6, 6.07) is 5.09. The highest BCUT2D eigenvalue weighted by Gasteiger charge is 2.49.